The molecule has 0 unspecified atom stereocenters. The Morgan fingerprint density at radius 3 is 2.27 bits per heavy atom. The van der Waals surface area contributed by atoms with Crippen molar-refractivity contribution < 1.29 is 14.3 Å². The molecular formula is C23H29ClN2O3S. The molecule has 5 nitrogen and oxygen atoms in total. The van der Waals surface area contributed by atoms with Gasteiger partial charge in [-0.15, -0.1) is 11.8 Å². The Balaban J connectivity index is 2.10. The van der Waals surface area contributed by atoms with Gasteiger partial charge in [0, 0.05) is 23.9 Å². The maximum absolute atomic E-state index is 13.1. The summed E-state index contributed by atoms with van der Waals surface area (Å²) in [5.41, 5.74) is 2.06. The Kier molecular flexibility index (Phi) is 10.0. The molecule has 2 amide bonds. The van der Waals surface area contributed by atoms with Crippen LogP contribution in [0.25, 0.3) is 0 Å². The minimum Gasteiger partial charge on any atom is -0.497 e. The van der Waals surface area contributed by atoms with Crippen molar-refractivity contribution in [1.29, 1.82) is 0 Å². The summed E-state index contributed by atoms with van der Waals surface area (Å²) in [6.07, 6.45) is 0.551. The van der Waals surface area contributed by atoms with Crippen molar-refractivity contribution in [3.05, 3.63) is 64.7 Å². The van der Waals surface area contributed by atoms with Crippen LogP contribution in [0.15, 0.2) is 48.5 Å². The topological polar surface area (TPSA) is 58.6 Å². The van der Waals surface area contributed by atoms with Crippen molar-refractivity contribution in [3.63, 3.8) is 0 Å². The Bertz CT molecular complexity index is 812. The molecule has 0 aromatic heterocycles. The molecule has 0 saturated carbocycles. The van der Waals surface area contributed by atoms with Crippen LogP contribution >= 0.6 is 23.4 Å². The van der Waals surface area contributed by atoms with E-state index in [1.807, 2.05) is 62.4 Å². The molecule has 0 spiro atoms. The number of amides is 2. The van der Waals surface area contributed by atoms with E-state index in [0.717, 1.165) is 16.9 Å². The van der Waals surface area contributed by atoms with E-state index in [1.54, 1.807) is 12.0 Å². The molecule has 2 aromatic rings. The first-order chi connectivity index (χ1) is 14.5. The van der Waals surface area contributed by atoms with Gasteiger partial charge >= 0.3 is 0 Å². The lowest BCUT2D eigenvalue weighted by molar-refractivity contribution is -0.139. The summed E-state index contributed by atoms with van der Waals surface area (Å²) in [6, 6.07) is 14.7. The second-order valence-corrected chi connectivity index (χ2v) is 8.23. The second kappa shape index (κ2) is 12.5. The number of methoxy groups -OCH3 is 1. The van der Waals surface area contributed by atoms with Crippen LogP contribution in [-0.4, -0.2) is 42.2 Å². The van der Waals surface area contributed by atoms with Crippen molar-refractivity contribution in [3.8, 4) is 5.75 Å². The predicted octanol–water partition coefficient (Wildman–Crippen LogP) is 4.53. The number of rotatable bonds is 11. The molecule has 0 fully saturated rings. The smallest absolute Gasteiger partial charge is 0.242 e. The molecule has 7 heteroatoms. The molecule has 0 heterocycles. The molecule has 2 rings (SSSR count). The third-order valence-corrected chi connectivity index (χ3v) is 5.90. The van der Waals surface area contributed by atoms with Gasteiger partial charge in [-0.2, -0.15) is 0 Å². The van der Waals surface area contributed by atoms with Crippen LogP contribution in [-0.2, 0) is 21.9 Å². The molecular weight excluding hydrogens is 420 g/mol. The maximum Gasteiger partial charge on any atom is 0.242 e. The average molecular weight is 449 g/mol. The fourth-order valence-electron chi connectivity index (χ4n) is 3.06. The van der Waals surface area contributed by atoms with Crippen molar-refractivity contribution >= 4 is 35.2 Å². The van der Waals surface area contributed by atoms with E-state index in [4.69, 9.17) is 16.3 Å². The molecule has 1 N–H and O–H groups in total. The maximum atomic E-state index is 13.1. The van der Waals surface area contributed by atoms with Crippen LogP contribution in [0, 0.1) is 0 Å². The number of nitrogens with zero attached hydrogens (tertiary/aromatic N) is 1. The quantitative estimate of drug-likeness (QED) is 0.548. The van der Waals surface area contributed by atoms with E-state index in [0.29, 0.717) is 36.0 Å². The van der Waals surface area contributed by atoms with Gasteiger partial charge < -0.3 is 15.0 Å². The Hall–Kier alpha value is -2.18. The molecule has 30 heavy (non-hydrogen) atoms. The van der Waals surface area contributed by atoms with Crippen molar-refractivity contribution in [1.82, 2.24) is 10.2 Å². The summed E-state index contributed by atoms with van der Waals surface area (Å²) in [7, 11) is 1.62. The molecule has 0 aliphatic heterocycles. The lowest BCUT2D eigenvalue weighted by Crippen LogP contribution is -2.49. The normalized spacial score (nSPS) is 11.6. The SMILES string of the molecule is CCNC(=O)[C@@H](CC)N(Cc1ccc(OC)cc1)C(=O)CSCc1ccc(Cl)cc1. The summed E-state index contributed by atoms with van der Waals surface area (Å²) in [6.45, 7) is 4.71. The van der Waals surface area contributed by atoms with E-state index in [1.165, 1.54) is 11.8 Å². The Morgan fingerprint density at radius 2 is 1.70 bits per heavy atom. The summed E-state index contributed by atoms with van der Waals surface area (Å²) in [4.78, 5) is 27.4. The minimum atomic E-state index is -0.504. The zero-order valence-corrected chi connectivity index (χ0v) is 19.3. The van der Waals surface area contributed by atoms with Crippen LogP contribution < -0.4 is 10.1 Å². The molecule has 0 saturated heterocycles. The van der Waals surface area contributed by atoms with E-state index in [-0.39, 0.29) is 11.8 Å². The summed E-state index contributed by atoms with van der Waals surface area (Å²) in [5.74, 6) is 1.59. The second-order valence-electron chi connectivity index (χ2n) is 6.81. The largest absolute Gasteiger partial charge is 0.497 e. The van der Waals surface area contributed by atoms with Gasteiger partial charge in [-0.3, -0.25) is 9.59 Å². The monoisotopic (exact) mass is 448 g/mol. The van der Waals surface area contributed by atoms with Crippen molar-refractivity contribution in [2.45, 2.75) is 38.6 Å². The van der Waals surface area contributed by atoms with Crippen LogP contribution in [0.5, 0.6) is 5.75 Å². The first-order valence-corrected chi connectivity index (χ1v) is 11.5. The van der Waals surface area contributed by atoms with Crippen LogP contribution in [0.1, 0.15) is 31.4 Å². The number of benzene rings is 2. The highest BCUT2D eigenvalue weighted by Crippen LogP contribution is 2.19. The molecule has 0 aliphatic rings. The van der Waals surface area contributed by atoms with Gasteiger partial charge in [-0.1, -0.05) is 42.8 Å². The number of nitrogens with one attached hydrogen (secondary N) is 1. The lowest BCUT2D eigenvalue weighted by Gasteiger charge is -2.30. The summed E-state index contributed by atoms with van der Waals surface area (Å²) >= 11 is 7.46. The molecule has 1 atom stereocenters. The number of hydrogen-bond acceptors (Lipinski definition) is 4. The third-order valence-electron chi connectivity index (χ3n) is 4.66. The molecule has 0 bridgehead atoms. The highest BCUT2D eigenvalue weighted by Gasteiger charge is 2.28. The first-order valence-electron chi connectivity index (χ1n) is 10.0. The summed E-state index contributed by atoms with van der Waals surface area (Å²) < 4.78 is 5.21. The standard InChI is InChI=1S/C23H29ClN2O3S/c1-4-21(23(28)25-5-2)26(14-17-8-12-20(29-3)13-9-17)22(27)16-30-15-18-6-10-19(24)11-7-18/h6-13,21H,4-5,14-16H2,1-3H3,(H,25,28)/t21-/m1/s1. The number of ether oxygens (including phenoxy) is 1. The number of carbonyl (C=O) groups excluding carboxylic acids is 2. The minimum absolute atomic E-state index is 0.0529. The first kappa shape index (κ1) is 24.1. The highest BCUT2D eigenvalue weighted by molar-refractivity contribution is 7.99. The van der Waals surface area contributed by atoms with E-state index >= 15 is 0 Å². The van der Waals surface area contributed by atoms with Crippen molar-refractivity contribution in [2.24, 2.45) is 0 Å². The van der Waals surface area contributed by atoms with Gasteiger partial charge in [-0.25, -0.2) is 0 Å². The average Bonchev–Trinajstić information content (AvgIpc) is 2.75. The number of thioether (sulfide) groups is 1. The van der Waals surface area contributed by atoms with Gasteiger partial charge in [-0.05, 0) is 48.7 Å². The molecule has 0 aliphatic carbocycles. The molecule has 0 radical (unpaired) electrons. The zero-order valence-electron chi connectivity index (χ0n) is 17.7. The fraction of sp³-hybridized carbons (Fsp3) is 0.391. The number of carbonyl (C=O) groups is 2. The number of hydrogen-bond donors (Lipinski definition) is 1. The van der Waals surface area contributed by atoms with Gasteiger partial charge in [0.2, 0.25) is 11.8 Å². The van der Waals surface area contributed by atoms with Crippen LogP contribution in [0.4, 0.5) is 0 Å². The van der Waals surface area contributed by atoms with Gasteiger partial charge in [0.05, 0.1) is 12.9 Å². The van der Waals surface area contributed by atoms with Crippen LogP contribution in [0.3, 0.4) is 0 Å². The van der Waals surface area contributed by atoms with E-state index in [2.05, 4.69) is 5.32 Å². The Labute approximate surface area is 188 Å². The lowest BCUT2D eigenvalue weighted by atomic mass is 10.1. The van der Waals surface area contributed by atoms with E-state index < -0.39 is 6.04 Å². The molecule has 2 aromatic carbocycles. The Morgan fingerprint density at radius 1 is 1.07 bits per heavy atom. The highest BCUT2D eigenvalue weighted by atomic mass is 35.5. The summed E-state index contributed by atoms with van der Waals surface area (Å²) in [5, 5.41) is 3.54. The van der Waals surface area contributed by atoms with E-state index in [9.17, 15) is 9.59 Å². The number of halogens is 1. The van der Waals surface area contributed by atoms with Crippen molar-refractivity contribution in [2.75, 3.05) is 19.4 Å². The van der Waals surface area contributed by atoms with Gasteiger partial charge in [0.15, 0.2) is 0 Å². The third kappa shape index (κ3) is 7.26. The van der Waals surface area contributed by atoms with Gasteiger partial charge in [0.1, 0.15) is 11.8 Å². The van der Waals surface area contributed by atoms with Crippen LogP contribution in [0.2, 0.25) is 5.02 Å². The fourth-order valence-corrected chi connectivity index (χ4v) is 4.06. The predicted molar refractivity (Wildman–Crippen MR) is 124 cm³/mol. The van der Waals surface area contributed by atoms with Gasteiger partial charge in [0.25, 0.3) is 0 Å². The number of likely N-dealkylation sites (N-methyl/N-ethyl adjacent to an activating group) is 1. The zero-order chi connectivity index (χ0) is 21.9. The molecule has 162 valence electrons.